The highest BCUT2D eigenvalue weighted by molar-refractivity contribution is 6.35. The molecule has 0 aliphatic carbocycles. The van der Waals surface area contributed by atoms with Gasteiger partial charge in [0.15, 0.2) is 6.61 Å². The number of amides is 1. The zero-order valence-corrected chi connectivity index (χ0v) is 12.5. The molecule has 0 atom stereocenters. The fourth-order valence-electron chi connectivity index (χ4n) is 2.06. The summed E-state index contributed by atoms with van der Waals surface area (Å²) in [6.45, 7) is 0.615. The Labute approximate surface area is 132 Å². The lowest BCUT2D eigenvalue weighted by atomic mass is 10.2. The van der Waals surface area contributed by atoms with Gasteiger partial charge < -0.3 is 15.4 Å². The number of nitrogens with one attached hydrogen (secondary N) is 2. The first-order chi connectivity index (χ1) is 10.1. The van der Waals surface area contributed by atoms with Crippen LogP contribution in [0.1, 0.15) is 5.56 Å². The molecule has 1 heterocycles. The molecule has 0 unspecified atom stereocenters. The Balaban J connectivity index is 1.73. The standard InChI is InChI=1S/C15H12Cl2N2O2/c16-10-2-1-9(12(17)5-10)7-18-11-3-4-14-13(6-11)19-15(20)8-21-14/h1-6,18H,7-8H2,(H,19,20). The highest BCUT2D eigenvalue weighted by Gasteiger charge is 2.15. The summed E-state index contributed by atoms with van der Waals surface area (Å²) in [5.74, 6) is 0.519. The Morgan fingerprint density at radius 3 is 2.86 bits per heavy atom. The van der Waals surface area contributed by atoms with Crippen molar-refractivity contribution in [2.75, 3.05) is 17.2 Å². The van der Waals surface area contributed by atoms with Gasteiger partial charge in [-0.1, -0.05) is 29.3 Å². The number of halogens is 2. The van der Waals surface area contributed by atoms with Crippen LogP contribution in [0.3, 0.4) is 0 Å². The first kappa shape index (κ1) is 14.0. The molecule has 1 amide bonds. The van der Waals surface area contributed by atoms with Gasteiger partial charge >= 0.3 is 0 Å². The number of rotatable bonds is 3. The summed E-state index contributed by atoms with van der Waals surface area (Å²) in [5, 5.41) is 7.25. The van der Waals surface area contributed by atoms with Crippen molar-refractivity contribution in [1.29, 1.82) is 0 Å². The molecule has 0 bridgehead atoms. The van der Waals surface area contributed by atoms with Crippen LogP contribution >= 0.6 is 23.2 Å². The molecule has 6 heteroatoms. The van der Waals surface area contributed by atoms with Crippen molar-refractivity contribution in [2.24, 2.45) is 0 Å². The van der Waals surface area contributed by atoms with Gasteiger partial charge in [-0.05, 0) is 35.9 Å². The molecule has 2 aromatic carbocycles. The van der Waals surface area contributed by atoms with E-state index in [9.17, 15) is 4.79 Å². The van der Waals surface area contributed by atoms with Crippen molar-refractivity contribution in [3.05, 3.63) is 52.0 Å². The highest BCUT2D eigenvalue weighted by Crippen LogP contribution is 2.31. The summed E-state index contributed by atoms with van der Waals surface area (Å²) < 4.78 is 5.31. The van der Waals surface area contributed by atoms with E-state index in [1.54, 1.807) is 12.1 Å². The Kier molecular flexibility index (Phi) is 3.90. The summed E-state index contributed by atoms with van der Waals surface area (Å²) >= 11 is 12.0. The third-order valence-electron chi connectivity index (χ3n) is 3.11. The summed E-state index contributed by atoms with van der Waals surface area (Å²) in [5.41, 5.74) is 2.48. The number of benzene rings is 2. The molecule has 0 fully saturated rings. The Bertz CT molecular complexity index is 704. The third kappa shape index (κ3) is 3.23. The Hall–Kier alpha value is -1.91. The average molecular weight is 323 g/mol. The SMILES string of the molecule is O=C1COc2ccc(NCc3ccc(Cl)cc3Cl)cc2N1. The van der Waals surface area contributed by atoms with Crippen LogP contribution in [-0.2, 0) is 11.3 Å². The second-order valence-corrected chi connectivity index (χ2v) is 5.48. The third-order valence-corrected chi connectivity index (χ3v) is 3.70. The van der Waals surface area contributed by atoms with E-state index in [0.29, 0.717) is 28.0 Å². The number of carbonyl (C=O) groups is 1. The molecule has 0 spiro atoms. The van der Waals surface area contributed by atoms with Crippen LogP contribution in [0.15, 0.2) is 36.4 Å². The van der Waals surface area contributed by atoms with E-state index in [4.69, 9.17) is 27.9 Å². The molecule has 2 aromatic rings. The Morgan fingerprint density at radius 1 is 1.19 bits per heavy atom. The second-order valence-electron chi connectivity index (χ2n) is 4.64. The van der Waals surface area contributed by atoms with Crippen LogP contribution in [0.5, 0.6) is 5.75 Å². The monoisotopic (exact) mass is 322 g/mol. The molecule has 2 N–H and O–H groups in total. The first-order valence-electron chi connectivity index (χ1n) is 6.36. The number of hydrogen-bond acceptors (Lipinski definition) is 3. The van der Waals surface area contributed by atoms with Gasteiger partial charge in [0.05, 0.1) is 5.69 Å². The molecule has 108 valence electrons. The van der Waals surface area contributed by atoms with Gasteiger partial charge in [-0.3, -0.25) is 4.79 Å². The lowest BCUT2D eigenvalue weighted by molar-refractivity contribution is -0.118. The minimum absolute atomic E-state index is 0.0557. The molecule has 3 rings (SSSR count). The van der Waals surface area contributed by atoms with E-state index < -0.39 is 0 Å². The fraction of sp³-hybridized carbons (Fsp3) is 0.133. The van der Waals surface area contributed by atoms with Crippen molar-refractivity contribution in [1.82, 2.24) is 0 Å². The summed E-state index contributed by atoms with van der Waals surface area (Å²) in [4.78, 5) is 11.3. The summed E-state index contributed by atoms with van der Waals surface area (Å²) in [6, 6.07) is 10.9. The molecule has 0 saturated carbocycles. The van der Waals surface area contributed by atoms with E-state index in [1.807, 2.05) is 24.3 Å². The van der Waals surface area contributed by atoms with Crippen molar-refractivity contribution >= 4 is 40.5 Å². The maximum absolute atomic E-state index is 11.3. The normalized spacial score (nSPS) is 13.1. The van der Waals surface area contributed by atoms with E-state index >= 15 is 0 Å². The van der Waals surface area contributed by atoms with E-state index in [2.05, 4.69) is 10.6 Å². The number of ether oxygens (including phenoxy) is 1. The van der Waals surface area contributed by atoms with Crippen LogP contribution in [0, 0.1) is 0 Å². The lowest BCUT2D eigenvalue weighted by Crippen LogP contribution is -2.25. The van der Waals surface area contributed by atoms with Gasteiger partial charge in [0.25, 0.3) is 5.91 Å². The first-order valence-corrected chi connectivity index (χ1v) is 7.12. The van der Waals surface area contributed by atoms with Crippen LogP contribution < -0.4 is 15.4 Å². The predicted molar refractivity (Wildman–Crippen MR) is 84.4 cm³/mol. The maximum atomic E-state index is 11.3. The second kappa shape index (κ2) is 5.84. The quantitative estimate of drug-likeness (QED) is 0.900. The molecular weight excluding hydrogens is 311 g/mol. The van der Waals surface area contributed by atoms with E-state index in [1.165, 1.54) is 0 Å². The minimum atomic E-state index is -0.152. The van der Waals surface area contributed by atoms with Crippen LogP contribution in [0.2, 0.25) is 10.0 Å². The Morgan fingerprint density at radius 2 is 2.05 bits per heavy atom. The summed E-state index contributed by atoms with van der Waals surface area (Å²) in [6.07, 6.45) is 0. The minimum Gasteiger partial charge on any atom is -0.482 e. The van der Waals surface area contributed by atoms with Crippen LogP contribution in [0.4, 0.5) is 11.4 Å². The van der Waals surface area contributed by atoms with Gasteiger partial charge in [-0.25, -0.2) is 0 Å². The topological polar surface area (TPSA) is 50.4 Å². The number of anilines is 2. The molecule has 4 nitrogen and oxygen atoms in total. The molecular formula is C15H12Cl2N2O2. The van der Waals surface area contributed by atoms with Crippen LogP contribution in [-0.4, -0.2) is 12.5 Å². The van der Waals surface area contributed by atoms with Crippen molar-refractivity contribution in [2.45, 2.75) is 6.54 Å². The molecule has 0 aromatic heterocycles. The van der Waals surface area contributed by atoms with Crippen LogP contribution in [0.25, 0.3) is 0 Å². The largest absolute Gasteiger partial charge is 0.482 e. The highest BCUT2D eigenvalue weighted by atomic mass is 35.5. The number of carbonyl (C=O) groups excluding carboxylic acids is 1. The van der Waals surface area contributed by atoms with Crippen molar-refractivity contribution in [3.8, 4) is 5.75 Å². The van der Waals surface area contributed by atoms with Crippen molar-refractivity contribution in [3.63, 3.8) is 0 Å². The van der Waals surface area contributed by atoms with E-state index in [-0.39, 0.29) is 12.5 Å². The number of fused-ring (bicyclic) bond motifs is 1. The fourth-order valence-corrected chi connectivity index (χ4v) is 2.53. The van der Waals surface area contributed by atoms with Gasteiger partial charge in [0, 0.05) is 22.3 Å². The van der Waals surface area contributed by atoms with Gasteiger partial charge in [-0.15, -0.1) is 0 Å². The predicted octanol–water partition coefficient (Wildman–Crippen LogP) is 3.94. The zero-order chi connectivity index (χ0) is 14.8. The maximum Gasteiger partial charge on any atom is 0.262 e. The molecule has 0 radical (unpaired) electrons. The van der Waals surface area contributed by atoms with Gasteiger partial charge in [0.1, 0.15) is 5.75 Å². The van der Waals surface area contributed by atoms with Gasteiger partial charge in [-0.2, -0.15) is 0 Å². The smallest absolute Gasteiger partial charge is 0.262 e. The van der Waals surface area contributed by atoms with E-state index in [0.717, 1.165) is 11.3 Å². The van der Waals surface area contributed by atoms with Crippen molar-refractivity contribution < 1.29 is 9.53 Å². The summed E-state index contributed by atoms with van der Waals surface area (Å²) in [7, 11) is 0. The average Bonchev–Trinajstić information content (AvgIpc) is 2.46. The molecule has 1 aliphatic rings. The zero-order valence-electron chi connectivity index (χ0n) is 11.0. The number of hydrogen-bond donors (Lipinski definition) is 2. The van der Waals surface area contributed by atoms with Gasteiger partial charge in [0.2, 0.25) is 0 Å². The molecule has 1 aliphatic heterocycles. The molecule has 21 heavy (non-hydrogen) atoms. The lowest BCUT2D eigenvalue weighted by Gasteiger charge is -2.19. The molecule has 0 saturated heterocycles.